The van der Waals surface area contributed by atoms with Gasteiger partial charge in [0.15, 0.2) is 0 Å². The van der Waals surface area contributed by atoms with Gasteiger partial charge in [0.1, 0.15) is 5.69 Å². The number of nitrogens with zero attached hydrogens (tertiary/aromatic N) is 6. The summed E-state index contributed by atoms with van der Waals surface area (Å²) in [5, 5.41) is 14.7. The van der Waals surface area contributed by atoms with Crippen LogP contribution >= 0.6 is 0 Å². The summed E-state index contributed by atoms with van der Waals surface area (Å²) in [6.07, 6.45) is 5.29. The van der Waals surface area contributed by atoms with E-state index in [0.717, 1.165) is 32.1 Å². The first-order chi connectivity index (χ1) is 21.2. The molecule has 0 radical (unpaired) electrons. The first kappa shape index (κ1) is 30.5. The Labute approximate surface area is 253 Å². The Morgan fingerprint density at radius 3 is 2.66 bits per heavy atom. The predicted molar refractivity (Wildman–Crippen MR) is 153 cm³/mol. The van der Waals surface area contributed by atoms with Crippen LogP contribution in [0.3, 0.4) is 0 Å². The molecule has 3 aromatic rings. The Hall–Kier alpha value is -3.55. The van der Waals surface area contributed by atoms with E-state index >= 15 is 0 Å². The van der Waals surface area contributed by atoms with Crippen molar-refractivity contribution in [2.24, 2.45) is 17.8 Å². The molecule has 2 saturated heterocycles. The number of imidazole rings is 1. The smallest absolute Gasteiger partial charge is 0.381 e. The van der Waals surface area contributed by atoms with Gasteiger partial charge < -0.3 is 15.4 Å². The van der Waals surface area contributed by atoms with E-state index in [4.69, 9.17) is 19.8 Å². The molecule has 0 bridgehead atoms. The molecule has 2 aliphatic heterocycles. The van der Waals surface area contributed by atoms with Crippen LogP contribution < -0.4 is 10.6 Å². The second kappa shape index (κ2) is 12.8. The molecule has 5 heterocycles. The number of piperidine rings is 1. The Bertz CT molecular complexity index is 1480. The molecule has 1 saturated carbocycles. The van der Waals surface area contributed by atoms with Gasteiger partial charge in [0.2, 0.25) is 5.91 Å². The SMILES string of the molecule is CCn1nccc1C(=O)N[C@H](c1cn2nc(C[C@H]3C[C@@H](C(F)(F)F)CNC3=O)c(C3CCOCC3)nc2n1)C1CCCCC1. The number of ether oxygens (including phenoxy) is 1. The van der Waals surface area contributed by atoms with E-state index in [0.29, 0.717) is 61.2 Å². The van der Waals surface area contributed by atoms with Crippen LogP contribution in [0, 0.1) is 17.8 Å². The number of carbonyl (C=O) groups is 2. The maximum absolute atomic E-state index is 13.6. The van der Waals surface area contributed by atoms with E-state index in [9.17, 15) is 22.8 Å². The molecular formula is C30H39F3N8O3. The lowest BCUT2D eigenvalue weighted by molar-refractivity contribution is -0.183. The number of fused-ring (bicyclic) bond motifs is 1. The number of nitrogens with one attached hydrogen (secondary N) is 2. The average molecular weight is 617 g/mol. The number of amides is 2. The second-order valence-corrected chi connectivity index (χ2v) is 12.2. The molecular weight excluding hydrogens is 577 g/mol. The molecule has 44 heavy (non-hydrogen) atoms. The van der Waals surface area contributed by atoms with Crippen LogP contribution in [0.15, 0.2) is 18.5 Å². The van der Waals surface area contributed by atoms with Crippen molar-refractivity contribution in [3.05, 3.63) is 41.2 Å². The topological polar surface area (TPSA) is 128 Å². The summed E-state index contributed by atoms with van der Waals surface area (Å²) < 4.78 is 49.5. The van der Waals surface area contributed by atoms with Gasteiger partial charge in [-0.25, -0.2) is 14.5 Å². The van der Waals surface area contributed by atoms with Crippen molar-refractivity contribution in [2.75, 3.05) is 19.8 Å². The number of aryl methyl sites for hydroxylation is 1. The van der Waals surface area contributed by atoms with Crippen molar-refractivity contribution >= 4 is 17.6 Å². The fraction of sp³-hybridized carbons (Fsp3) is 0.667. The lowest BCUT2D eigenvalue weighted by atomic mass is 9.82. The van der Waals surface area contributed by atoms with Crippen LogP contribution in [0.1, 0.15) is 97.8 Å². The van der Waals surface area contributed by atoms with Gasteiger partial charge in [-0.2, -0.15) is 23.4 Å². The molecule has 1 aliphatic carbocycles. The van der Waals surface area contributed by atoms with Crippen LogP contribution in [0.5, 0.6) is 0 Å². The lowest BCUT2D eigenvalue weighted by Gasteiger charge is -2.31. The van der Waals surface area contributed by atoms with Crippen molar-refractivity contribution in [2.45, 2.75) is 89.4 Å². The Balaban J connectivity index is 1.35. The van der Waals surface area contributed by atoms with Gasteiger partial charge in [-0.1, -0.05) is 19.3 Å². The molecule has 6 rings (SSSR count). The monoisotopic (exact) mass is 616 g/mol. The maximum Gasteiger partial charge on any atom is 0.393 e. The van der Waals surface area contributed by atoms with Gasteiger partial charge in [0.25, 0.3) is 11.7 Å². The molecule has 0 aromatic carbocycles. The van der Waals surface area contributed by atoms with Gasteiger partial charge in [-0.15, -0.1) is 0 Å². The molecule has 0 unspecified atom stereocenters. The molecule has 14 heteroatoms. The van der Waals surface area contributed by atoms with Crippen LogP contribution in [0.25, 0.3) is 5.78 Å². The highest BCUT2D eigenvalue weighted by molar-refractivity contribution is 5.92. The molecule has 0 spiro atoms. The fourth-order valence-corrected chi connectivity index (χ4v) is 6.93. The van der Waals surface area contributed by atoms with Crippen molar-refractivity contribution in [1.29, 1.82) is 0 Å². The minimum absolute atomic E-state index is 0.00959. The van der Waals surface area contributed by atoms with E-state index in [2.05, 4.69) is 15.7 Å². The summed E-state index contributed by atoms with van der Waals surface area (Å²) in [4.78, 5) is 35.9. The summed E-state index contributed by atoms with van der Waals surface area (Å²) in [5.74, 6) is -2.58. The largest absolute Gasteiger partial charge is 0.393 e. The molecule has 238 valence electrons. The number of hydrogen-bond donors (Lipinski definition) is 2. The number of carbonyl (C=O) groups excluding carboxylic acids is 2. The van der Waals surface area contributed by atoms with E-state index in [1.165, 1.54) is 0 Å². The number of aromatic nitrogens is 6. The number of alkyl halides is 3. The highest BCUT2D eigenvalue weighted by Crippen LogP contribution is 2.37. The van der Waals surface area contributed by atoms with E-state index in [1.807, 2.05) is 6.92 Å². The quantitative estimate of drug-likeness (QED) is 0.389. The third-order valence-corrected chi connectivity index (χ3v) is 9.38. The Kier molecular flexibility index (Phi) is 8.88. The normalized spacial score (nSPS) is 23.0. The first-order valence-electron chi connectivity index (χ1n) is 15.7. The summed E-state index contributed by atoms with van der Waals surface area (Å²) in [6, 6.07) is 1.32. The summed E-state index contributed by atoms with van der Waals surface area (Å²) in [7, 11) is 0. The number of hydrogen-bond acceptors (Lipinski definition) is 7. The molecule has 3 fully saturated rings. The zero-order valence-corrected chi connectivity index (χ0v) is 24.9. The molecule has 2 N–H and O–H groups in total. The van der Waals surface area contributed by atoms with Gasteiger partial charge in [0.05, 0.1) is 35.2 Å². The third-order valence-electron chi connectivity index (χ3n) is 9.38. The lowest BCUT2D eigenvalue weighted by Crippen LogP contribution is -2.47. The van der Waals surface area contributed by atoms with Crippen LogP contribution in [-0.4, -0.2) is 67.1 Å². The highest BCUT2D eigenvalue weighted by atomic mass is 19.4. The number of rotatable bonds is 8. The standard InChI is InChI=1S/C30H39F3N8O3/c1-2-40-24(8-11-35-40)28(43)37-26(18-6-4-3-5-7-18)23-17-41-29(36-23)38-25(19-9-12-44-13-10-19)22(39-41)15-20-14-21(30(31,32)33)16-34-27(20)42/h8,11,17-21,26H,2-7,9-10,12-16H2,1H3,(H,34,42)(H,37,43)/t20-,21-,26+/m1/s1. The molecule has 2 amide bonds. The first-order valence-corrected chi connectivity index (χ1v) is 15.7. The third kappa shape index (κ3) is 6.45. The summed E-state index contributed by atoms with van der Waals surface area (Å²) in [5.41, 5.74) is 2.27. The van der Waals surface area contributed by atoms with Gasteiger partial charge >= 0.3 is 6.18 Å². The Morgan fingerprint density at radius 1 is 1.16 bits per heavy atom. The van der Waals surface area contributed by atoms with Crippen molar-refractivity contribution in [1.82, 2.24) is 40.0 Å². The molecule has 11 nitrogen and oxygen atoms in total. The second-order valence-electron chi connectivity index (χ2n) is 12.2. The minimum atomic E-state index is -4.39. The maximum atomic E-state index is 13.6. The Morgan fingerprint density at radius 2 is 1.93 bits per heavy atom. The molecule has 3 atom stereocenters. The average Bonchev–Trinajstić information content (AvgIpc) is 3.68. The predicted octanol–water partition coefficient (Wildman–Crippen LogP) is 4.14. The summed E-state index contributed by atoms with van der Waals surface area (Å²) >= 11 is 0. The molecule has 3 aliphatic rings. The fourth-order valence-electron chi connectivity index (χ4n) is 6.93. The minimum Gasteiger partial charge on any atom is -0.381 e. The highest BCUT2D eigenvalue weighted by Gasteiger charge is 2.45. The van der Waals surface area contributed by atoms with E-state index in [1.54, 1.807) is 27.7 Å². The van der Waals surface area contributed by atoms with Gasteiger partial charge in [-0.3, -0.25) is 14.3 Å². The van der Waals surface area contributed by atoms with Crippen LogP contribution in [0.2, 0.25) is 0 Å². The summed E-state index contributed by atoms with van der Waals surface area (Å²) in [6.45, 7) is 3.17. The van der Waals surface area contributed by atoms with Crippen LogP contribution in [-0.2, 0) is 22.5 Å². The van der Waals surface area contributed by atoms with Crippen molar-refractivity contribution in [3.8, 4) is 0 Å². The molecule has 3 aromatic heterocycles. The van der Waals surface area contributed by atoms with Crippen molar-refractivity contribution in [3.63, 3.8) is 0 Å². The van der Waals surface area contributed by atoms with Crippen LogP contribution in [0.4, 0.5) is 13.2 Å². The zero-order chi connectivity index (χ0) is 30.8. The number of halogens is 3. The van der Waals surface area contributed by atoms with Crippen molar-refractivity contribution < 1.29 is 27.5 Å². The van der Waals surface area contributed by atoms with Gasteiger partial charge in [0, 0.05) is 50.8 Å². The zero-order valence-electron chi connectivity index (χ0n) is 24.9. The van der Waals surface area contributed by atoms with E-state index < -0.39 is 30.5 Å². The van der Waals surface area contributed by atoms with E-state index in [-0.39, 0.29) is 36.6 Å². The van der Waals surface area contributed by atoms with Gasteiger partial charge in [-0.05, 0) is 51.0 Å².